The van der Waals surface area contributed by atoms with Crippen LogP contribution >= 0.6 is 0 Å². The van der Waals surface area contributed by atoms with E-state index in [4.69, 9.17) is 14.2 Å². The third-order valence-electron chi connectivity index (χ3n) is 5.56. The van der Waals surface area contributed by atoms with Gasteiger partial charge >= 0.3 is 5.97 Å². The Bertz CT molecular complexity index is 1020. The molecule has 9 heteroatoms. The highest BCUT2D eigenvalue weighted by atomic mass is 32.2. The number of sulfonamides is 1. The second kappa shape index (κ2) is 9.25. The quantitative estimate of drug-likeness (QED) is 0.603. The number of hydrogen-bond acceptors (Lipinski definition) is 7. The van der Waals surface area contributed by atoms with Crippen molar-refractivity contribution >= 4 is 21.7 Å². The third-order valence-corrected chi connectivity index (χ3v) is 7.47. The van der Waals surface area contributed by atoms with Gasteiger partial charge in [-0.1, -0.05) is 18.2 Å². The molecule has 0 aromatic heterocycles. The van der Waals surface area contributed by atoms with Gasteiger partial charge in [0, 0.05) is 19.6 Å². The summed E-state index contributed by atoms with van der Waals surface area (Å²) >= 11 is 0. The van der Waals surface area contributed by atoms with Crippen LogP contribution in [0.1, 0.15) is 18.0 Å². The number of anilines is 1. The normalized spacial score (nSPS) is 20.3. The minimum atomic E-state index is -3.78. The number of morpholine rings is 1. The van der Waals surface area contributed by atoms with E-state index in [0.29, 0.717) is 23.6 Å². The lowest BCUT2D eigenvalue weighted by Crippen LogP contribution is -2.38. The van der Waals surface area contributed by atoms with Gasteiger partial charge in [0.05, 0.1) is 43.4 Å². The van der Waals surface area contributed by atoms with Crippen molar-refractivity contribution in [3.8, 4) is 5.75 Å². The molecule has 4 rings (SSSR count). The summed E-state index contributed by atoms with van der Waals surface area (Å²) in [7, 11) is -2.48. The molecule has 166 valence electrons. The number of carbonyl (C=O) groups excluding carboxylic acids is 1. The van der Waals surface area contributed by atoms with Crippen molar-refractivity contribution in [1.82, 2.24) is 4.90 Å². The van der Waals surface area contributed by atoms with Crippen LogP contribution < -0.4 is 9.04 Å². The summed E-state index contributed by atoms with van der Waals surface area (Å²) in [6, 6.07) is 13.0. The molecular weight excluding hydrogens is 420 g/mol. The fraction of sp³-hybridized carbons (Fsp3) is 0.409. The van der Waals surface area contributed by atoms with Gasteiger partial charge in [0.25, 0.3) is 10.0 Å². The molecule has 1 fully saturated rings. The van der Waals surface area contributed by atoms with Gasteiger partial charge < -0.3 is 14.2 Å². The van der Waals surface area contributed by atoms with E-state index in [2.05, 4.69) is 4.90 Å². The van der Waals surface area contributed by atoms with Gasteiger partial charge in [-0.3, -0.25) is 14.0 Å². The number of benzene rings is 2. The Balaban J connectivity index is 1.51. The maximum Gasteiger partial charge on any atom is 0.307 e. The first-order chi connectivity index (χ1) is 15.0. The number of methoxy groups -OCH3 is 1. The first-order valence-electron chi connectivity index (χ1n) is 10.2. The van der Waals surface area contributed by atoms with Crippen LogP contribution in [0.5, 0.6) is 5.75 Å². The van der Waals surface area contributed by atoms with Crippen molar-refractivity contribution in [2.24, 2.45) is 0 Å². The molecule has 0 amide bonds. The number of carbonyl (C=O) groups is 1. The van der Waals surface area contributed by atoms with E-state index in [0.717, 1.165) is 32.8 Å². The monoisotopic (exact) mass is 446 g/mol. The SMILES string of the molecule is COC(=O)CC1c2ccccc2S(=O)(=O)N1c1ccc(OCCN2CCOCC2)cc1. The molecular formula is C22H26N2O6S. The Morgan fingerprint density at radius 1 is 1.10 bits per heavy atom. The van der Waals surface area contributed by atoms with Gasteiger partial charge in [-0.2, -0.15) is 0 Å². The number of nitrogens with zero attached hydrogens (tertiary/aromatic N) is 2. The Morgan fingerprint density at radius 2 is 1.81 bits per heavy atom. The van der Waals surface area contributed by atoms with Gasteiger partial charge in [0.1, 0.15) is 12.4 Å². The van der Waals surface area contributed by atoms with Crippen LogP contribution in [0, 0.1) is 0 Å². The van der Waals surface area contributed by atoms with E-state index < -0.39 is 22.0 Å². The van der Waals surface area contributed by atoms with E-state index in [9.17, 15) is 13.2 Å². The average Bonchev–Trinajstić information content (AvgIpc) is 3.01. The van der Waals surface area contributed by atoms with Crippen LogP contribution in [0.25, 0.3) is 0 Å². The third kappa shape index (κ3) is 4.53. The Kier molecular flexibility index (Phi) is 6.45. The molecule has 2 aliphatic rings. The Hall–Kier alpha value is -2.62. The molecule has 8 nitrogen and oxygen atoms in total. The van der Waals surface area contributed by atoms with E-state index in [-0.39, 0.29) is 11.3 Å². The second-order valence-corrected chi connectivity index (χ2v) is 9.21. The van der Waals surface area contributed by atoms with Crippen LogP contribution in [0.2, 0.25) is 0 Å². The van der Waals surface area contributed by atoms with Crippen molar-refractivity contribution in [3.05, 3.63) is 54.1 Å². The number of ether oxygens (including phenoxy) is 3. The lowest BCUT2D eigenvalue weighted by molar-refractivity contribution is -0.141. The molecule has 0 aliphatic carbocycles. The minimum absolute atomic E-state index is 0.0649. The van der Waals surface area contributed by atoms with Crippen LogP contribution in [0.3, 0.4) is 0 Å². The number of rotatable bonds is 7. The molecule has 0 bridgehead atoms. The first-order valence-corrected chi connectivity index (χ1v) is 11.7. The molecule has 1 saturated heterocycles. The zero-order valence-corrected chi connectivity index (χ0v) is 18.2. The lowest BCUT2D eigenvalue weighted by atomic mass is 10.0. The first kappa shape index (κ1) is 21.6. The molecule has 2 aliphatic heterocycles. The van der Waals surface area contributed by atoms with Crippen LogP contribution in [-0.4, -0.2) is 65.9 Å². The van der Waals surface area contributed by atoms with Gasteiger partial charge in [0.15, 0.2) is 0 Å². The topological polar surface area (TPSA) is 85.4 Å². The lowest BCUT2D eigenvalue weighted by Gasteiger charge is -2.26. The Morgan fingerprint density at radius 3 is 2.52 bits per heavy atom. The van der Waals surface area contributed by atoms with Crippen molar-refractivity contribution in [1.29, 1.82) is 0 Å². The van der Waals surface area contributed by atoms with Crippen molar-refractivity contribution in [3.63, 3.8) is 0 Å². The molecule has 1 atom stereocenters. The van der Waals surface area contributed by atoms with E-state index in [1.165, 1.54) is 11.4 Å². The maximum absolute atomic E-state index is 13.2. The number of hydrogen-bond donors (Lipinski definition) is 0. The van der Waals surface area contributed by atoms with Gasteiger partial charge in [-0.05, 0) is 35.9 Å². The molecule has 0 saturated carbocycles. The zero-order chi connectivity index (χ0) is 21.8. The summed E-state index contributed by atoms with van der Waals surface area (Å²) in [6.07, 6.45) is -0.0649. The highest BCUT2D eigenvalue weighted by Crippen LogP contribution is 2.44. The van der Waals surface area contributed by atoms with Gasteiger partial charge in [-0.15, -0.1) is 0 Å². The standard InChI is InChI=1S/C22H26N2O6S/c1-28-22(25)16-20-19-4-2-3-5-21(19)31(26,27)24(20)17-6-8-18(9-7-17)30-15-12-23-10-13-29-14-11-23/h2-9,20H,10-16H2,1H3. The summed E-state index contributed by atoms with van der Waals surface area (Å²) in [5.74, 6) is 0.195. The molecule has 0 radical (unpaired) electrons. The predicted molar refractivity (Wildman–Crippen MR) is 115 cm³/mol. The summed E-state index contributed by atoms with van der Waals surface area (Å²) in [6.45, 7) is 4.64. The molecule has 2 heterocycles. The summed E-state index contributed by atoms with van der Waals surface area (Å²) < 4.78 is 43.7. The largest absolute Gasteiger partial charge is 0.492 e. The predicted octanol–water partition coefficient (Wildman–Crippen LogP) is 2.21. The fourth-order valence-corrected chi connectivity index (χ4v) is 5.84. The van der Waals surface area contributed by atoms with Gasteiger partial charge in [-0.25, -0.2) is 8.42 Å². The number of esters is 1. The highest BCUT2D eigenvalue weighted by molar-refractivity contribution is 7.93. The molecule has 0 spiro atoms. The summed E-state index contributed by atoms with van der Waals surface area (Å²) in [5, 5.41) is 0. The molecule has 31 heavy (non-hydrogen) atoms. The smallest absolute Gasteiger partial charge is 0.307 e. The van der Waals surface area contributed by atoms with E-state index in [1.807, 2.05) is 0 Å². The molecule has 2 aromatic rings. The van der Waals surface area contributed by atoms with Gasteiger partial charge in [0.2, 0.25) is 0 Å². The maximum atomic E-state index is 13.2. The summed E-state index contributed by atoms with van der Waals surface area (Å²) in [4.78, 5) is 14.5. The molecule has 2 aromatic carbocycles. The van der Waals surface area contributed by atoms with E-state index >= 15 is 0 Å². The highest BCUT2D eigenvalue weighted by Gasteiger charge is 2.43. The van der Waals surface area contributed by atoms with Crippen LogP contribution in [0.15, 0.2) is 53.4 Å². The minimum Gasteiger partial charge on any atom is -0.492 e. The van der Waals surface area contributed by atoms with Crippen molar-refractivity contribution < 1.29 is 27.4 Å². The van der Waals surface area contributed by atoms with Crippen molar-refractivity contribution in [2.45, 2.75) is 17.4 Å². The van der Waals surface area contributed by atoms with Crippen LogP contribution in [-0.2, 0) is 24.3 Å². The zero-order valence-electron chi connectivity index (χ0n) is 17.4. The van der Waals surface area contributed by atoms with Crippen molar-refractivity contribution in [2.75, 3.05) is 50.9 Å². The summed E-state index contributed by atoms with van der Waals surface area (Å²) in [5.41, 5.74) is 1.07. The molecule has 0 N–H and O–H groups in total. The van der Waals surface area contributed by atoms with E-state index in [1.54, 1.807) is 48.5 Å². The van der Waals surface area contributed by atoms with Crippen LogP contribution in [0.4, 0.5) is 5.69 Å². The molecule has 1 unspecified atom stereocenters. The fourth-order valence-electron chi connectivity index (χ4n) is 3.95. The second-order valence-electron chi connectivity index (χ2n) is 7.43. The number of fused-ring (bicyclic) bond motifs is 1. The Labute approximate surface area is 182 Å². The average molecular weight is 447 g/mol.